The molecule has 8 heteroatoms. The van der Waals surface area contributed by atoms with Gasteiger partial charge in [0.15, 0.2) is 12.4 Å². The van der Waals surface area contributed by atoms with Crippen LogP contribution in [-0.2, 0) is 23.1 Å². The Bertz CT molecular complexity index is 547. The Morgan fingerprint density at radius 2 is 1.64 bits per heavy atom. The molecule has 0 aromatic heterocycles. The molecule has 6 nitrogen and oxygen atoms in total. The normalized spacial score (nSPS) is 11.2. The molecule has 22 heavy (non-hydrogen) atoms. The molecule has 1 aromatic carbocycles. The van der Waals surface area contributed by atoms with Gasteiger partial charge in [-0.3, -0.25) is 14.2 Å². The zero-order valence-electron chi connectivity index (χ0n) is 12.4. The number of halogens is 1. The topological polar surface area (TPSA) is 78.9 Å². The van der Waals surface area contributed by atoms with Crippen molar-refractivity contribution in [3.05, 3.63) is 34.3 Å². The summed E-state index contributed by atoms with van der Waals surface area (Å²) in [4.78, 5) is 23.5. The summed E-state index contributed by atoms with van der Waals surface area (Å²) in [5.74, 6) is -1.14. The minimum atomic E-state index is -3.51. The number of carbonyl (C=O) groups excluding carboxylic acids is 2. The predicted molar refractivity (Wildman–Crippen MR) is 85.2 cm³/mol. The smallest absolute Gasteiger partial charge is 0.341 e. The summed E-state index contributed by atoms with van der Waals surface area (Å²) in [5, 5.41) is 0. The highest BCUT2D eigenvalue weighted by molar-refractivity contribution is 9.10. The number of ketones is 1. The van der Waals surface area contributed by atoms with Gasteiger partial charge in [-0.2, -0.15) is 0 Å². The number of benzene rings is 1. The Hall–Kier alpha value is -1.01. The second-order valence-electron chi connectivity index (χ2n) is 4.20. The van der Waals surface area contributed by atoms with Crippen molar-refractivity contribution in [1.82, 2.24) is 0 Å². The number of hydrogen-bond donors (Lipinski definition) is 0. The van der Waals surface area contributed by atoms with Crippen LogP contribution >= 0.6 is 23.5 Å². The van der Waals surface area contributed by atoms with Crippen LogP contribution < -0.4 is 0 Å². The van der Waals surface area contributed by atoms with Gasteiger partial charge in [0.25, 0.3) is 0 Å². The highest BCUT2D eigenvalue weighted by atomic mass is 79.9. The summed E-state index contributed by atoms with van der Waals surface area (Å²) in [7, 11) is -3.51. The number of hydrogen-bond acceptors (Lipinski definition) is 6. The third-order valence-electron chi connectivity index (χ3n) is 2.50. The van der Waals surface area contributed by atoms with Gasteiger partial charge >= 0.3 is 13.6 Å². The minimum absolute atomic E-state index is 0.155. The van der Waals surface area contributed by atoms with E-state index >= 15 is 0 Å². The molecule has 0 saturated heterocycles. The highest BCUT2D eigenvalue weighted by Gasteiger charge is 2.28. The van der Waals surface area contributed by atoms with Gasteiger partial charge in [-0.15, -0.1) is 0 Å². The maximum Gasteiger partial charge on any atom is 0.341 e. The lowest BCUT2D eigenvalue weighted by Crippen LogP contribution is -2.18. The van der Waals surface area contributed by atoms with Crippen LogP contribution in [0.4, 0.5) is 0 Å². The summed E-state index contributed by atoms with van der Waals surface area (Å²) in [6, 6.07) is 6.66. The number of carbonyl (C=O) groups is 2. The van der Waals surface area contributed by atoms with Crippen LogP contribution in [0.3, 0.4) is 0 Å². The van der Waals surface area contributed by atoms with E-state index in [4.69, 9.17) is 13.8 Å². The quantitative estimate of drug-likeness (QED) is 0.363. The van der Waals surface area contributed by atoms with E-state index in [0.717, 1.165) is 4.47 Å². The van der Waals surface area contributed by atoms with Crippen molar-refractivity contribution in [2.24, 2.45) is 0 Å². The Labute approximate surface area is 137 Å². The molecule has 0 atom stereocenters. The molecular formula is C14H18BrO6P. The molecule has 1 rings (SSSR count). The molecule has 0 fully saturated rings. The number of ether oxygens (including phenoxy) is 1. The lowest BCUT2D eigenvalue weighted by atomic mass is 10.1. The molecule has 0 unspecified atom stereocenters. The maximum absolute atomic E-state index is 12.1. The highest BCUT2D eigenvalue weighted by Crippen LogP contribution is 2.47. The van der Waals surface area contributed by atoms with E-state index in [2.05, 4.69) is 15.9 Å². The van der Waals surface area contributed by atoms with Crippen molar-refractivity contribution in [3.63, 3.8) is 0 Å². The third-order valence-corrected chi connectivity index (χ3v) is 4.98. The molecule has 0 spiro atoms. The molecule has 0 N–H and O–H groups in total. The molecule has 122 valence electrons. The van der Waals surface area contributed by atoms with E-state index in [1.165, 1.54) is 0 Å². The van der Waals surface area contributed by atoms with Crippen LogP contribution in [0.1, 0.15) is 24.2 Å². The van der Waals surface area contributed by atoms with Crippen LogP contribution in [0, 0.1) is 0 Å². The van der Waals surface area contributed by atoms with E-state index in [-0.39, 0.29) is 19.0 Å². The molecule has 0 aliphatic heterocycles. The van der Waals surface area contributed by atoms with Crippen molar-refractivity contribution in [2.75, 3.05) is 26.0 Å². The van der Waals surface area contributed by atoms with Gasteiger partial charge in [0.2, 0.25) is 0 Å². The largest absolute Gasteiger partial charge is 0.457 e. The van der Waals surface area contributed by atoms with Gasteiger partial charge in [0.05, 0.1) is 13.2 Å². The molecule has 0 radical (unpaired) electrons. The van der Waals surface area contributed by atoms with Crippen LogP contribution in [0.25, 0.3) is 0 Å². The fraction of sp³-hybridized carbons (Fsp3) is 0.429. The van der Waals surface area contributed by atoms with Crippen molar-refractivity contribution in [3.8, 4) is 0 Å². The summed E-state index contributed by atoms with van der Waals surface area (Å²) in [6.45, 7) is 3.19. The monoisotopic (exact) mass is 392 g/mol. The van der Waals surface area contributed by atoms with Crippen molar-refractivity contribution in [1.29, 1.82) is 0 Å². The fourth-order valence-electron chi connectivity index (χ4n) is 1.59. The average Bonchev–Trinajstić information content (AvgIpc) is 2.45. The Morgan fingerprint density at radius 3 is 2.14 bits per heavy atom. The van der Waals surface area contributed by atoms with Crippen LogP contribution in [0.15, 0.2) is 28.7 Å². The standard InChI is InChI=1S/C14H18BrO6P/c1-3-20-22(18,21-4-2)10-14(17)19-9-13(16)11-5-7-12(15)8-6-11/h5-8H,3-4,9-10H2,1-2H3. The molecule has 0 aliphatic carbocycles. The van der Waals surface area contributed by atoms with Gasteiger partial charge in [-0.1, -0.05) is 28.1 Å². The molecule has 0 saturated carbocycles. The second kappa shape index (κ2) is 9.20. The lowest BCUT2D eigenvalue weighted by Gasteiger charge is -2.15. The summed E-state index contributed by atoms with van der Waals surface area (Å²) in [5.41, 5.74) is 0.425. The fourth-order valence-corrected chi connectivity index (χ4v) is 3.31. The predicted octanol–water partition coefficient (Wildman–Crippen LogP) is 3.44. The van der Waals surface area contributed by atoms with Crippen molar-refractivity contribution in [2.45, 2.75) is 13.8 Å². The van der Waals surface area contributed by atoms with Crippen molar-refractivity contribution >= 4 is 35.3 Å². The lowest BCUT2D eigenvalue weighted by molar-refractivity contribution is -0.139. The maximum atomic E-state index is 12.1. The zero-order chi connectivity index (χ0) is 16.6. The Balaban J connectivity index is 2.53. The number of rotatable bonds is 9. The molecule has 0 heterocycles. The van der Waals surface area contributed by atoms with Crippen LogP contribution in [-0.4, -0.2) is 37.7 Å². The van der Waals surface area contributed by atoms with Gasteiger partial charge in [-0.05, 0) is 26.0 Å². The average molecular weight is 393 g/mol. The molecule has 1 aromatic rings. The van der Waals surface area contributed by atoms with Gasteiger partial charge in [0, 0.05) is 10.0 Å². The molecule has 0 amide bonds. The second-order valence-corrected chi connectivity index (χ2v) is 7.17. The summed E-state index contributed by atoms with van der Waals surface area (Å²) < 4.78 is 27.8. The van der Waals surface area contributed by atoms with Crippen LogP contribution in [0.5, 0.6) is 0 Å². The van der Waals surface area contributed by atoms with E-state index in [1.54, 1.807) is 38.1 Å². The van der Waals surface area contributed by atoms with Gasteiger partial charge in [0.1, 0.15) is 6.16 Å². The summed E-state index contributed by atoms with van der Waals surface area (Å²) >= 11 is 3.26. The summed E-state index contributed by atoms with van der Waals surface area (Å²) in [6.07, 6.45) is -0.512. The zero-order valence-corrected chi connectivity index (χ0v) is 14.9. The molecular weight excluding hydrogens is 375 g/mol. The van der Waals surface area contributed by atoms with E-state index < -0.39 is 26.3 Å². The first-order chi connectivity index (χ1) is 10.4. The Kier molecular flexibility index (Phi) is 7.96. The van der Waals surface area contributed by atoms with E-state index in [1.807, 2.05) is 0 Å². The van der Waals surface area contributed by atoms with Gasteiger partial charge in [-0.25, -0.2) is 0 Å². The van der Waals surface area contributed by atoms with Gasteiger partial charge < -0.3 is 13.8 Å². The van der Waals surface area contributed by atoms with E-state index in [9.17, 15) is 14.2 Å². The first kappa shape index (κ1) is 19.0. The minimum Gasteiger partial charge on any atom is -0.457 e. The number of Topliss-reactive ketones (excluding diaryl/α,β-unsaturated/α-hetero) is 1. The molecule has 0 aliphatic rings. The van der Waals surface area contributed by atoms with Crippen LogP contribution in [0.2, 0.25) is 0 Å². The SMILES string of the molecule is CCOP(=O)(CC(=O)OCC(=O)c1ccc(Br)cc1)OCC. The van der Waals surface area contributed by atoms with E-state index in [0.29, 0.717) is 5.56 Å². The first-order valence-corrected chi connectivity index (χ1v) is 9.24. The third kappa shape index (κ3) is 6.40. The molecule has 0 bridgehead atoms. The number of esters is 1. The Morgan fingerprint density at radius 1 is 1.09 bits per heavy atom. The first-order valence-electron chi connectivity index (χ1n) is 6.72. The van der Waals surface area contributed by atoms with Crippen molar-refractivity contribution < 1.29 is 27.9 Å².